The Morgan fingerprint density at radius 3 is 2.57 bits per heavy atom. The molecule has 2 atom stereocenters. The van der Waals surface area contributed by atoms with Gasteiger partial charge >= 0.3 is 0 Å². The molecule has 0 bridgehead atoms. The number of carbonyl (C=O) groups is 1. The first-order valence-corrected chi connectivity index (χ1v) is 8.76. The molecule has 0 aliphatic heterocycles. The van der Waals surface area contributed by atoms with Gasteiger partial charge in [-0.15, -0.1) is 0 Å². The minimum Gasteiger partial charge on any atom is -0.299 e. The SMILES string of the molecule is CCc1nn(C)c(CC2CC(C(C)(C)C)CCC2=O)c1Br. The van der Waals surface area contributed by atoms with Gasteiger partial charge in [0, 0.05) is 25.8 Å². The average molecular weight is 355 g/mol. The first kappa shape index (κ1) is 16.7. The molecule has 2 unspecified atom stereocenters. The van der Waals surface area contributed by atoms with Crippen LogP contribution < -0.4 is 0 Å². The zero-order valence-corrected chi connectivity index (χ0v) is 15.5. The lowest BCUT2D eigenvalue weighted by molar-refractivity contribution is -0.126. The van der Waals surface area contributed by atoms with Crippen molar-refractivity contribution in [1.82, 2.24) is 9.78 Å². The second-order valence-electron chi connectivity index (χ2n) is 7.39. The summed E-state index contributed by atoms with van der Waals surface area (Å²) in [7, 11) is 1.98. The molecular formula is C17H27BrN2O. The summed E-state index contributed by atoms with van der Waals surface area (Å²) in [5.74, 6) is 1.22. The number of aromatic nitrogens is 2. The fraction of sp³-hybridized carbons (Fsp3) is 0.765. The maximum absolute atomic E-state index is 12.3. The van der Waals surface area contributed by atoms with Crippen molar-refractivity contribution in [1.29, 1.82) is 0 Å². The Balaban J connectivity index is 2.18. The van der Waals surface area contributed by atoms with Gasteiger partial charge in [0.15, 0.2) is 0 Å². The summed E-state index contributed by atoms with van der Waals surface area (Å²) in [6, 6.07) is 0. The van der Waals surface area contributed by atoms with E-state index < -0.39 is 0 Å². The van der Waals surface area contributed by atoms with Crippen LogP contribution >= 0.6 is 15.9 Å². The summed E-state index contributed by atoms with van der Waals surface area (Å²) in [5.41, 5.74) is 2.54. The molecule has 1 aromatic heterocycles. The van der Waals surface area contributed by atoms with Gasteiger partial charge in [-0.2, -0.15) is 5.10 Å². The molecule has 2 rings (SSSR count). The van der Waals surface area contributed by atoms with Crippen LogP contribution in [0, 0.1) is 17.3 Å². The summed E-state index contributed by atoms with van der Waals surface area (Å²) in [6.07, 6.45) is 4.53. The molecule has 0 saturated heterocycles. The molecular weight excluding hydrogens is 328 g/mol. The Labute approximate surface area is 136 Å². The Hall–Kier alpha value is -0.640. The Morgan fingerprint density at radius 2 is 2.05 bits per heavy atom. The molecule has 0 aromatic carbocycles. The van der Waals surface area contributed by atoms with Crippen molar-refractivity contribution < 1.29 is 4.79 Å². The molecule has 1 aliphatic rings. The summed E-state index contributed by atoms with van der Waals surface area (Å²) in [5, 5.41) is 4.55. The van der Waals surface area contributed by atoms with Crippen LogP contribution in [0.25, 0.3) is 0 Å². The predicted octanol–water partition coefficient (Wildman–Crippen LogP) is 4.32. The highest BCUT2D eigenvalue weighted by Gasteiger charge is 2.35. The molecule has 118 valence electrons. The van der Waals surface area contributed by atoms with E-state index in [0.717, 1.165) is 42.3 Å². The largest absolute Gasteiger partial charge is 0.299 e. The zero-order chi connectivity index (χ0) is 15.8. The normalized spacial score (nSPS) is 23.6. The summed E-state index contributed by atoms with van der Waals surface area (Å²) >= 11 is 3.67. The maximum atomic E-state index is 12.3. The number of nitrogens with zero attached hydrogens (tertiary/aromatic N) is 2. The number of hydrogen-bond acceptors (Lipinski definition) is 2. The molecule has 1 fully saturated rings. The van der Waals surface area contributed by atoms with E-state index in [9.17, 15) is 4.79 Å². The van der Waals surface area contributed by atoms with Gasteiger partial charge in [0.1, 0.15) is 5.78 Å². The molecule has 0 amide bonds. The molecule has 4 heteroatoms. The van der Waals surface area contributed by atoms with Crippen LogP contribution in [0.5, 0.6) is 0 Å². The molecule has 1 aromatic rings. The van der Waals surface area contributed by atoms with Gasteiger partial charge in [0.25, 0.3) is 0 Å². The number of rotatable bonds is 3. The molecule has 3 nitrogen and oxygen atoms in total. The fourth-order valence-corrected chi connectivity index (χ4v) is 4.15. The first-order chi connectivity index (χ1) is 9.74. The van der Waals surface area contributed by atoms with Crippen molar-refractivity contribution in [3.63, 3.8) is 0 Å². The van der Waals surface area contributed by atoms with Crippen LogP contribution in [-0.2, 0) is 24.7 Å². The van der Waals surface area contributed by atoms with Crippen LogP contribution in [0.2, 0.25) is 0 Å². The van der Waals surface area contributed by atoms with E-state index in [2.05, 4.69) is 48.7 Å². The number of Topliss-reactive ketones (excluding diaryl/α,β-unsaturated/α-hetero) is 1. The standard InChI is InChI=1S/C17H27BrN2O/c1-6-13-16(18)14(20(5)19-13)10-11-9-12(17(2,3)4)7-8-15(11)21/h11-12H,6-10H2,1-5H3. The van der Waals surface area contributed by atoms with Crippen molar-refractivity contribution in [2.45, 2.75) is 59.8 Å². The molecule has 0 N–H and O–H groups in total. The van der Waals surface area contributed by atoms with Crippen LogP contribution in [0.1, 0.15) is 58.3 Å². The van der Waals surface area contributed by atoms with Crippen molar-refractivity contribution in [3.05, 3.63) is 15.9 Å². The minimum absolute atomic E-state index is 0.152. The molecule has 1 aliphatic carbocycles. The topological polar surface area (TPSA) is 34.9 Å². The summed E-state index contributed by atoms with van der Waals surface area (Å²) in [6.45, 7) is 8.98. The second-order valence-corrected chi connectivity index (χ2v) is 8.18. The number of hydrogen-bond donors (Lipinski definition) is 0. The number of halogens is 1. The smallest absolute Gasteiger partial charge is 0.136 e. The van der Waals surface area contributed by atoms with E-state index in [-0.39, 0.29) is 11.3 Å². The van der Waals surface area contributed by atoms with Crippen LogP contribution in [0.3, 0.4) is 0 Å². The second kappa shape index (κ2) is 6.23. The number of ketones is 1. The Bertz CT molecular complexity index is 528. The molecule has 1 heterocycles. The zero-order valence-electron chi connectivity index (χ0n) is 13.9. The lowest BCUT2D eigenvalue weighted by Crippen LogP contribution is -2.33. The van der Waals surface area contributed by atoms with E-state index in [0.29, 0.717) is 11.7 Å². The molecule has 0 spiro atoms. The van der Waals surface area contributed by atoms with E-state index >= 15 is 0 Å². The van der Waals surface area contributed by atoms with Crippen LogP contribution in [0.4, 0.5) is 0 Å². The van der Waals surface area contributed by atoms with Gasteiger partial charge in [0.2, 0.25) is 0 Å². The van der Waals surface area contributed by atoms with Crippen molar-refractivity contribution in [2.24, 2.45) is 24.3 Å². The lowest BCUT2D eigenvalue weighted by atomic mass is 9.68. The number of carbonyl (C=O) groups excluding carboxylic acids is 1. The highest BCUT2D eigenvalue weighted by atomic mass is 79.9. The van der Waals surface area contributed by atoms with Crippen molar-refractivity contribution in [3.8, 4) is 0 Å². The van der Waals surface area contributed by atoms with Crippen molar-refractivity contribution in [2.75, 3.05) is 0 Å². The highest BCUT2D eigenvalue weighted by molar-refractivity contribution is 9.10. The monoisotopic (exact) mass is 354 g/mol. The molecule has 21 heavy (non-hydrogen) atoms. The van der Waals surface area contributed by atoms with Gasteiger partial charge < -0.3 is 0 Å². The van der Waals surface area contributed by atoms with Gasteiger partial charge in [0.05, 0.1) is 15.9 Å². The highest BCUT2D eigenvalue weighted by Crippen LogP contribution is 2.40. The predicted molar refractivity (Wildman–Crippen MR) is 89.3 cm³/mol. The average Bonchev–Trinajstić information content (AvgIpc) is 2.67. The minimum atomic E-state index is 0.152. The van der Waals surface area contributed by atoms with Crippen molar-refractivity contribution >= 4 is 21.7 Å². The molecule has 1 saturated carbocycles. The third-order valence-corrected chi connectivity index (χ3v) is 5.85. The van der Waals surface area contributed by atoms with E-state index in [1.54, 1.807) is 0 Å². The first-order valence-electron chi connectivity index (χ1n) is 7.97. The van der Waals surface area contributed by atoms with Gasteiger partial charge in [-0.25, -0.2) is 0 Å². The van der Waals surface area contributed by atoms with E-state index in [1.165, 1.54) is 5.69 Å². The quantitative estimate of drug-likeness (QED) is 0.809. The van der Waals surface area contributed by atoms with Gasteiger partial charge in [-0.05, 0) is 46.5 Å². The maximum Gasteiger partial charge on any atom is 0.136 e. The van der Waals surface area contributed by atoms with Gasteiger partial charge in [-0.1, -0.05) is 27.7 Å². The van der Waals surface area contributed by atoms with Crippen LogP contribution in [0.15, 0.2) is 4.47 Å². The summed E-state index contributed by atoms with van der Waals surface area (Å²) < 4.78 is 3.04. The number of aryl methyl sites for hydroxylation is 2. The fourth-order valence-electron chi connectivity index (χ4n) is 3.37. The Morgan fingerprint density at radius 1 is 1.38 bits per heavy atom. The van der Waals surface area contributed by atoms with E-state index in [4.69, 9.17) is 0 Å². The lowest BCUT2D eigenvalue weighted by Gasteiger charge is -2.37. The third-order valence-electron chi connectivity index (χ3n) is 4.93. The summed E-state index contributed by atoms with van der Waals surface area (Å²) in [4.78, 5) is 12.3. The molecule has 0 radical (unpaired) electrons. The van der Waals surface area contributed by atoms with E-state index in [1.807, 2.05) is 11.7 Å². The van der Waals surface area contributed by atoms with Gasteiger partial charge in [-0.3, -0.25) is 9.48 Å². The Kier molecular flexibility index (Phi) is 4.96. The van der Waals surface area contributed by atoms with Crippen LogP contribution in [-0.4, -0.2) is 15.6 Å². The third kappa shape index (κ3) is 3.58.